The molecule has 0 aliphatic carbocycles. The molecule has 0 spiro atoms. The van der Waals surface area contributed by atoms with Gasteiger partial charge in [0.05, 0.1) is 17.3 Å². The molecule has 0 unspecified atom stereocenters. The molecule has 3 aromatic heterocycles. The fraction of sp³-hybridized carbons (Fsp3) is 0.375. The summed E-state index contributed by atoms with van der Waals surface area (Å²) in [4.78, 5) is 30.1. The number of hydrogen-bond acceptors (Lipinski definition) is 5. The largest absolute Gasteiger partial charge is 0.463 e. The molecular formula is C24H24F3N5O3. The Morgan fingerprint density at radius 1 is 1.11 bits per heavy atom. The first kappa shape index (κ1) is 23.0. The number of furan rings is 1. The Bertz CT molecular complexity index is 1460. The highest BCUT2D eigenvalue weighted by Gasteiger charge is 2.33. The highest BCUT2D eigenvalue weighted by molar-refractivity contribution is 5.83. The predicted molar refractivity (Wildman–Crippen MR) is 124 cm³/mol. The lowest BCUT2D eigenvalue weighted by atomic mass is 10.1. The van der Waals surface area contributed by atoms with Gasteiger partial charge in [0.25, 0.3) is 5.56 Å². The molecule has 1 aromatic carbocycles. The average Bonchev–Trinajstić information content (AvgIpc) is 3.44. The molecule has 4 heterocycles. The molecule has 8 nitrogen and oxygen atoms in total. The van der Waals surface area contributed by atoms with Gasteiger partial charge < -0.3 is 14.2 Å². The second-order valence-electron chi connectivity index (χ2n) is 8.62. The molecule has 0 saturated carbocycles. The van der Waals surface area contributed by atoms with Crippen LogP contribution in [-0.2, 0) is 11.0 Å². The van der Waals surface area contributed by atoms with Crippen LogP contribution in [0.15, 0.2) is 51.9 Å². The number of halogens is 3. The van der Waals surface area contributed by atoms with E-state index in [9.17, 15) is 22.8 Å². The summed E-state index contributed by atoms with van der Waals surface area (Å²) in [6, 6.07) is 7.81. The van der Waals surface area contributed by atoms with Gasteiger partial charge >= 0.3 is 6.18 Å². The van der Waals surface area contributed by atoms with E-state index in [1.807, 2.05) is 11.8 Å². The quantitative estimate of drug-likeness (QED) is 0.437. The van der Waals surface area contributed by atoms with Crippen LogP contribution in [0, 0.1) is 6.92 Å². The Morgan fingerprint density at radius 3 is 2.54 bits per heavy atom. The molecule has 1 aliphatic heterocycles. The van der Waals surface area contributed by atoms with E-state index >= 15 is 0 Å². The Hall–Kier alpha value is -3.76. The van der Waals surface area contributed by atoms with Gasteiger partial charge in [0, 0.05) is 44.0 Å². The van der Waals surface area contributed by atoms with Crippen LogP contribution in [0.5, 0.6) is 0 Å². The van der Waals surface area contributed by atoms with Crippen molar-refractivity contribution >= 4 is 28.2 Å². The molecule has 0 bridgehead atoms. The van der Waals surface area contributed by atoms with E-state index < -0.39 is 17.8 Å². The fourth-order valence-electron chi connectivity index (χ4n) is 4.73. The third kappa shape index (κ3) is 3.94. The van der Waals surface area contributed by atoms with Gasteiger partial charge in [-0.15, -0.1) is 0 Å². The lowest BCUT2D eigenvalue weighted by molar-refractivity contribution is -0.137. The first-order chi connectivity index (χ1) is 16.7. The Balaban J connectivity index is 1.37. The number of alkyl halides is 3. The minimum absolute atomic E-state index is 0.232. The monoisotopic (exact) mass is 487 g/mol. The Kier molecular flexibility index (Phi) is 5.57. The molecule has 5 rings (SSSR count). The normalized spacial score (nSPS) is 15.8. The molecule has 184 valence electrons. The molecule has 1 amide bonds. The van der Waals surface area contributed by atoms with Crippen molar-refractivity contribution in [2.75, 3.05) is 31.1 Å². The first-order valence-corrected chi connectivity index (χ1v) is 11.4. The number of nitrogens with zero attached hydrogens (tertiary/aromatic N) is 5. The van der Waals surface area contributed by atoms with Gasteiger partial charge in [-0.25, -0.2) is 4.68 Å². The van der Waals surface area contributed by atoms with Crippen molar-refractivity contribution in [3.05, 3.63) is 64.4 Å². The molecule has 1 saturated heterocycles. The smallest absolute Gasteiger partial charge is 0.416 e. The molecule has 35 heavy (non-hydrogen) atoms. The summed E-state index contributed by atoms with van der Waals surface area (Å²) in [5.74, 6) is 0.321. The maximum Gasteiger partial charge on any atom is 0.416 e. The van der Waals surface area contributed by atoms with E-state index in [0.717, 1.165) is 17.6 Å². The third-order valence-electron chi connectivity index (χ3n) is 6.52. The zero-order valence-corrected chi connectivity index (χ0v) is 19.2. The Labute approximate surface area is 198 Å². The number of fused-ring (bicyclic) bond motifs is 3. The lowest BCUT2D eigenvalue weighted by Gasteiger charge is -2.37. The second-order valence-corrected chi connectivity index (χ2v) is 8.62. The van der Waals surface area contributed by atoms with Crippen LogP contribution in [0.4, 0.5) is 18.9 Å². The minimum atomic E-state index is -4.41. The van der Waals surface area contributed by atoms with Gasteiger partial charge in [0.2, 0.25) is 5.91 Å². The molecule has 4 aromatic rings. The van der Waals surface area contributed by atoms with Crippen LogP contribution >= 0.6 is 0 Å². The number of benzene rings is 1. The summed E-state index contributed by atoms with van der Waals surface area (Å²) in [6.45, 7) is 5.02. The van der Waals surface area contributed by atoms with Crippen LogP contribution in [0.1, 0.15) is 30.8 Å². The molecule has 0 radical (unpaired) electrons. The predicted octanol–water partition coefficient (Wildman–Crippen LogP) is 3.87. The van der Waals surface area contributed by atoms with Crippen molar-refractivity contribution in [3.8, 4) is 0 Å². The second kappa shape index (κ2) is 8.47. The molecule has 1 atom stereocenters. The zero-order valence-electron chi connectivity index (χ0n) is 19.2. The van der Waals surface area contributed by atoms with Gasteiger partial charge in [0.15, 0.2) is 5.58 Å². The van der Waals surface area contributed by atoms with Crippen molar-refractivity contribution in [1.29, 1.82) is 0 Å². The number of amides is 1. The van der Waals surface area contributed by atoms with E-state index in [1.54, 1.807) is 40.7 Å². The van der Waals surface area contributed by atoms with E-state index in [0.29, 0.717) is 55.2 Å². The maximum atomic E-state index is 13.4. The van der Waals surface area contributed by atoms with Gasteiger partial charge in [-0.3, -0.25) is 14.0 Å². The van der Waals surface area contributed by atoms with Crippen molar-refractivity contribution in [3.63, 3.8) is 0 Å². The van der Waals surface area contributed by atoms with Gasteiger partial charge in [-0.2, -0.15) is 18.3 Å². The van der Waals surface area contributed by atoms with E-state index in [1.165, 1.54) is 10.7 Å². The summed E-state index contributed by atoms with van der Waals surface area (Å²) in [6.07, 6.45) is -2.50. The summed E-state index contributed by atoms with van der Waals surface area (Å²) in [7, 11) is 0. The van der Waals surface area contributed by atoms with E-state index in [-0.39, 0.29) is 11.5 Å². The summed E-state index contributed by atoms with van der Waals surface area (Å²) >= 11 is 0. The van der Waals surface area contributed by atoms with Crippen molar-refractivity contribution in [2.24, 2.45) is 0 Å². The molecule has 1 aliphatic rings. The van der Waals surface area contributed by atoms with Crippen LogP contribution < -0.4 is 10.5 Å². The zero-order chi connectivity index (χ0) is 24.9. The van der Waals surface area contributed by atoms with Crippen LogP contribution in [-0.4, -0.2) is 51.2 Å². The SMILES string of the molecule is CC[C@@H](C(=O)N1CCN(c2cccc(C(F)(F)F)c2)CC1)n1nc(C)n2c(cc3occc32)c1=O. The van der Waals surface area contributed by atoms with Crippen molar-refractivity contribution < 1.29 is 22.4 Å². The minimum Gasteiger partial charge on any atom is -0.463 e. The third-order valence-corrected chi connectivity index (χ3v) is 6.52. The number of carbonyl (C=O) groups excluding carboxylic acids is 1. The number of aryl methyl sites for hydroxylation is 1. The summed E-state index contributed by atoms with van der Waals surface area (Å²) < 4.78 is 47.6. The number of anilines is 1. The number of piperazine rings is 1. The highest BCUT2D eigenvalue weighted by Crippen LogP contribution is 2.32. The standard InChI is InChI=1S/C24H24F3N5O3/c1-3-18(32-23(34)20-14-21-19(7-12-35-21)31(20)15(2)28-32)22(33)30-10-8-29(9-11-30)17-6-4-5-16(13-17)24(25,26)27/h4-7,12-14,18H,3,8-11H2,1-2H3/t18-/m0/s1. The molecule has 1 fully saturated rings. The molecule has 11 heteroatoms. The summed E-state index contributed by atoms with van der Waals surface area (Å²) in [5, 5.41) is 4.45. The lowest BCUT2D eigenvalue weighted by Crippen LogP contribution is -2.51. The van der Waals surface area contributed by atoms with Crippen LogP contribution in [0.2, 0.25) is 0 Å². The first-order valence-electron chi connectivity index (χ1n) is 11.4. The maximum absolute atomic E-state index is 13.4. The number of hydrogen-bond donors (Lipinski definition) is 0. The van der Waals surface area contributed by atoms with Crippen LogP contribution in [0.25, 0.3) is 16.6 Å². The van der Waals surface area contributed by atoms with E-state index in [4.69, 9.17) is 4.42 Å². The van der Waals surface area contributed by atoms with E-state index in [2.05, 4.69) is 5.10 Å². The fourth-order valence-corrected chi connectivity index (χ4v) is 4.73. The highest BCUT2D eigenvalue weighted by atomic mass is 19.4. The number of rotatable bonds is 4. The van der Waals surface area contributed by atoms with Crippen molar-refractivity contribution in [1.82, 2.24) is 19.1 Å². The van der Waals surface area contributed by atoms with Gasteiger partial charge in [0.1, 0.15) is 17.4 Å². The average molecular weight is 487 g/mol. The Morgan fingerprint density at radius 2 is 1.86 bits per heavy atom. The summed E-state index contributed by atoms with van der Waals surface area (Å²) in [5.41, 5.74) is 1.06. The molecular weight excluding hydrogens is 463 g/mol. The molecule has 0 N–H and O–H groups in total. The van der Waals surface area contributed by atoms with Gasteiger partial charge in [-0.1, -0.05) is 13.0 Å². The number of carbonyl (C=O) groups is 1. The van der Waals surface area contributed by atoms with Gasteiger partial charge in [-0.05, 0) is 31.5 Å². The topological polar surface area (TPSA) is 76.0 Å². The number of aromatic nitrogens is 3. The van der Waals surface area contributed by atoms with Crippen LogP contribution in [0.3, 0.4) is 0 Å². The van der Waals surface area contributed by atoms with Crippen molar-refractivity contribution in [2.45, 2.75) is 32.5 Å².